The molecule has 1 heterocycles. The summed E-state index contributed by atoms with van der Waals surface area (Å²) in [5.41, 5.74) is 5.50. The number of nitrogens with one attached hydrogen (secondary N) is 1. The van der Waals surface area contributed by atoms with Crippen molar-refractivity contribution in [1.82, 2.24) is 0 Å². The van der Waals surface area contributed by atoms with Crippen molar-refractivity contribution >= 4 is 17.3 Å². The average molecular weight is 308 g/mol. The van der Waals surface area contributed by atoms with Gasteiger partial charge in [0.15, 0.2) is 0 Å². The molecule has 3 nitrogen and oxygen atoms in total. The van der Waals surface area contributed by atoms with Crippen LogP contribution < -0.4 is 10.2 Å². The van der Waals surface area contributed by atoms with Gasteiger partial charge >= 0.3 is 0 Å². The first kappa shape index (κ1) is 15.6. The van der Waals surface area contributed by atoms with E-state index in [9.17, 15) is 4.79 Å². The highest BCUT2D eigenvalue weighted by Crippen LogP contribution is 2.38. The van der Waals surface area contributed by atoms with E-state index in [1.807, 2.05) is 35.2 Å². The fourth-order valence-electron chi connectivity index (χ4n) is 3.06. The van der Waals surface area contributed by atoms with E-state index in [-0.39, 0.29) is 11.9 Å². The average Bonchev–Trinajstić information content (AvgIpc) is 2.52. The molecule has 1 aliphatic rings. The van der Waals surface area contributed by atoms with Crippen LogP contribution in [0.5, 0.6) is 0 Å². The second-order valence-corrected chi connectivity index (χ2v) is 6.78. The third kappa shape index (κ3) is 2.96. The Balaban J connectivity index is 2.08. The minimum absolute atomic E-state index is 0.126. The van der Waals surface area contributed by atoms with Crippen LogP contribution >= 0.6 is 0 Å². The number of aryl methyl sites for hydroxylation is 2. The molecule has 3 heteroatoms. The monoisotopic (exact) mass is 308 g/mol. The molecule has 0 fully saturated rings. The van der Waals surface area contributed by atoms with Crippen molar-refractivity contribution < 1.29 is 4.79 Å². The number of carbonyl (C=O) groups is 1. The molecule has 0 saturated heterocycles. The zero-order chi connectivity index (χ0) is 16.6. The lowest BCUT2D eigenvalue weighted by Gasteiger charge is -2.37. The van der Waals surface area contributed by atoms with E-state index in [0.29, 0.717) is 5.92 Å². The van der Waals surface area contributed by atoms with Crippen molar-refractivity contribution in [3.8, 4) is 0 Å². The van der Waals surface area contributed by atoms with Crippen molar-refractivity contribution in [2.24, 2.45) is 5.92 Å². The Morgan fingerprint density at radius 2 is 1.74 bits per heavy atom. The highest BCUT2D eigenvalue weighted by atomic mass is 16.2. The molecular weight excluding hydrogens is 284 g/mol. The highest BCUT2D eigenvalue weighted by Gasteiger charge is 2.33. The summed E-state index contributed by atoms with van der Waals surface area (Å²) in [6.45, 7) is 9.23. The SMILES string of the molecule is Cc1cc2c(cc1C)N(CC(C)C)C(=O)C(c1ccccc1)N2. The van der Waals surface area contributed by atoms with Crippen molar-refractivity contribution in [2.75, 3.05) is 16.8 Å². The van der Waals surface area contributed by atoms with Crippen LogP contribution in [0.4, 0.5) is 11.4 Å². The summed E-state index contributed by atoms with van der Waals surface area (Å²) in [4.78, 5) is 15.0. The van der Waals surface area contributed by atoms with E-state index in [0.717, 1.165) is 23.5 Å². The second-order valence-electron chi connectivity index (χ2n) is 6.78. The number of hydrogen-bond donors (Lipinski definition) is 1. The van der Waals surface area contributed by atoms with E-state index >= 15 is 0 Å². The van der Waals surface area contributed by atoms with E-state index in [1.165, 1.54) is 11.1 Å². The maximum Gasteiger partial charge on any atom is 0.254 e. The Labute approximate surface area is 138 Å². The normalized spacial score (nSPS) is 17.2. The molecule has 0 aliphatic carbocycles. The van der Waals surface area contributed by atoms with Crippen LogP contribution in [0.3, 0.4) is 0 Å². The molecule has 1 aliphatic heterocycles. The maximum atomic E-state index is 13.1. The molecule has 2 aromatic carbocycles. The highest BCUT2D eigenvalue weighted by molar-refractivity contribution is 6.05. The van der Waals surface area contributed by atoms with Gasteiger partial charge in [-0.1, -0.05) is 44.2 Å². The summed E-state index contributed by atoms with van der Waals surface area (Å²) >= 11 is 0. The van der Waals surface area contributed by atoms with E-state index < -0.39 is 0 Å². The van der Waals surface area contributed by atoms with Gasteiger partial charge in [0.2, 0.25) is 0 Å². The number of fused-ring (bicyclic) bond motifs is 1. The standard InChI is InChI=1S/C20H24N2O/c1-13(2)12-22-18-11-15(4)14(3)10-17(18)21-19(20(22)23)16-8-6-5-7-9-16/h5-11,13,19,21H,12H2,1-4H3. The van der Waals surface area contributed by atoms with Crippen LogP contribution in [0.25, 0.3) is 0 Å². The number of anilines is 2. The van der Waals surface area contributed by atoms with Gasteiger partial charge in [0.05, 0.1) is 11.4 Å². The fourth-order valence-corrected chi connectivity index (χ4v) is 3.06. The van der Waals surface area contributed by atoms with Crippen LogP contribution in [0.15, 0.2) is 42.5 Å². The van der Waals surface area contributed by atoms with Crippen molar-refractivity contribution in [3.05, 3.63) is 59.2 Å². The number of amides is 1. The molecule has 2 aromatic rings. The molecule has 0 saturated carbocycles. The quantitative estimate of drug-likeness (QED) is 0.908. The van der Waals surface area contributed by atoms with Gasteiger partial charge in [-0.2, -0.15) is 0 Å². The van der Waals surface area contributed by atoms with Gasteiger partial charge in [0, 0.05) is 6.54 Å². The van der Waals surface area contributed by atoms with Crippen LogP contribution in [0, 0.1) is 19.8 Å². The van der Waals surface area contributed by atoms with Gasteiger partial charge in [0.1, 0.15) is 6.04 Å². The van der Waals surface area contributed by atoms with E-state index in [4.69, 9.17) is 0 Å². The Hall–Kier alpha value is -2.29. The van der Waals surface area contributed by atoms with Crippen molar-refractivity contribution in [3.63, 3.8) is 0 Å². The molecular formula is C20H24N2O. The van der Waals surface area contributed by atoms with Gasteiger partial charge in [-0.25, -0.2) is 0 Å². The first-order valence-corrected chi connectivity index (χ1v) is 8.21. The van der Waals surface area contributed by atoms with Crippen LogP contribution in [0.2, 0.25) is 0 Å². The number of hydrogen-bond acceptors (Lipinski definition) is 2. The zero-order valence-corrected chi connectivity index (χ0v) is 14.3. The minimum atomic E-state index is -0.315. The van der Waals surface area contributed by atoms with Gasteiger partial charge in [0.25, 0.3) is 5.91 Å². The van der Waals surface area contributed by atoms with Crippen LogP contribution in [-0.2, 0) is 4.79 Å². The summed E-state index contributed by atoms with van der Waals surface area (Å²) in [6, 6.07) is 13.9. The van der Waals surface area contributed by atoms with Crippen LogP contribution in [0.1, 0.15) is 36.6 Å². The van der Waals surface area contributed by atoms with E-state index in [1.54, 1.807) is 0 Å². The summed E-state index contributed by atoms with van der Waals surface area (Å²) in [5, 5.41) is 3.44. The number of carbonyl (C=O) groups excluding carboxylic acids is 1. The fraction of sp³-hybridized carbons (Fsp3) is 0.350. The maximum absolute atomic E-state index is 13.1. The molecule has 3 rings (SSSR count). The molecule has 120 valence electrons. The summed E-state index contributed by atoms with van der Waals surface area (Å²) in [7, 11) is 0. The minimum Gasteiger partial charge on any atom is -0.368 e. The largest absolute Gasteiger partial charge is 0.368 e. The van der Waals surface area contributed by atoms with Crippen LogP contribution in [-0.4, -0.2) is 12.5 Å². The molecule has 0 aromatic heterocycles. The molecule has 0 bridgehead atoms. The first-order valence-electron chi connectivity index (χ1n) is 8.21. The summed E-state index contributed by atoms with van der Waals surface area (Å²) in [5.74, 6) is 0.545. The third-order valence-electron chi connectivity index (χ3n) is 4.40. The molecule has 0 radical (unpaired) electrons. The predicted octanol–water partition coefficient (Wildman–Crippen LogP) is 4.46. The molecule has 1 amide bonds. The number of nitrogens with zero attached hydrogens (tertiary/aromatic N) is 1. The lowest BCUT2D eigenvalue weighted by molar-refractivity contribution is -0.119. The number of benzene rings is 2. The lowest BCUT2D eigenvalue weighted by Crippen LogP contribution is -2.44. The Kier molecular flexibility index (Phi) is 4.12. The van der Waals surface area contributed by atoms with Gasteiger partial charge in [-0.15, -0.1) is 0 Å². The summed E-state index contributed by atoms with van der Waals surface area (Å²) < 4.78 is 0. The van der Waals surface area contributed by atoms with Crippen molar-refractivity contribution in [1.29, 1.82) is 0 Å². The number of rotatable bonds is 3. The summed E-state index contributed by atoms with van der Waals surface area (Å²) in [6.07, 6.45) is 0. The Morgan fingerprint density at radius 1 is 1.09 bits per heavy atom. The van der Waals surface area contributed by atoms with Gasteiger partial charge in [-0.3, -0.25) is 4.79 Å². The smallest absolute Gasteiger partial charge is 0.254 e. The predicted molar refractivity (Wildman–Crippen MR) is 95.9 cm³/mol. The van der Waals surface area contributed by atoms with Crippen molar-refractivity contribution in [2.45, 2.75) is 33.7 Å². The lowest BCUT2D eigenvalue weighted by atomic mass is 9.98. The zero-order valence-electron chi connectivity index (χ0n) is 14.3. The molecule has 1 unspecified atom stereocenters. The first-order chi connectivity index (χ1) is 11.0. The second kappa shape index (κ2) is 6.07. The molecule has 1 atom stereocenters. The van der Waals surface area contributed by atoms with E-state index in [2.05, 4.69) is 45.1 Å². The molecule has 23 heavy (non-hydrogen) atoms. The Bertz CT molecular complexity index is 722. The van der Waals surface area contributed by atoms with Gasteiger partial charge < -0.3 is 10.2 Å². The van der Waals surface area contributed by atoms with Gasteiger partial charge in [-0.05, 0) is 48.6 Å². The topological polar surface area (TPSA) is 32.3 Å². The molecule has 0 spiro atoms. The molecule has 1 N–H and O–H groups in total. The Morgan fingerprint density at radius 3 is 2.39 bits per heavy atom. The third-order valence-corrected chi connectivity index (χ3v) is 4.40.